The molecule has 11 aromatic rings. The van der Waals surface area contributed by atoms with Crippen molar-refractivity contribution >= 4 is 43.7 Å². The van der Waals surface area contributed by atoms with Crippen LogP contribution in [0.1, 0.15) is 6.85 Å². The Morgan fingerprint density at radius 2 is 1.04 bits per heavy atom. The predicted octanol–water partition coefficient (Wildman–Crippen LogP) is 13.2. The van der Waals surface area contributed by atoms with Crippen molar-refractivity contribution in [3.8, 4) is 62.1 Å². The standard InChI is InChI=1S/C51H32N4O/c1-4-14-33(15-5-1)35-18-12-19-37(30-35)50-52-49(34-16-6-2-7-17-34)53-51(54-50)38-26-28-42-43-24-13-23-40(48(43)56-47(42)32-38)36-27-29-46-44(31-36)41-22-10-11-25-45(41)55(46)39-20-8-3-9-21-39/h1-32H/i1D,4D,5D,14D,15D. The predicted molar refractivity (Wildman–Crippen MR) is 229 cm³/mol. The molecule has 11 rings (SSSR count). The summed E-state index contributed by atoms with van der Waals surface area (Å²) in [6.45, 7) is 0. The smallest absolute Gasteiger partial charge is 0.164 e. The molecular weight excluding hydrogens is 685 g/mol. The summed E-state index contributed by atoms with van der Waals surface area (Å²) in [4.78, 5) is 14.8. The van der Waals surface area contributed by atoms with Gasteiger partial charge in [0.05, 0.1) is 17.9 Å². The van der Waals surface area contributed by atoms with Crippen LogP contribution in [-0.2, 0) is 0 Å². The quantitative estimate of drug-likeness (QED) is 0.172. The first-order chi connectivity index (χ1) is 29.8. The van der Waals surface area contributed by atoms with Crippen LogP contribution in [-0.4, -0.2) is 19.5 Å². The van der Waals surface area contributed by atoms with E-state index in [1.807, 2.05) is 60.7 Å². The Morgan fingerprint density at radius 1 is 0.411 bits per heavy atom. The Balaban J connectivity index is 1.04. The molecule has 0 saturated carbocycles. The molecule has 0 N–H and O–H groups in total. The minimum Gasteiger partial charge on any atom is -0.455 e. The molecule has 8 aromatic carbocycles. The number of fused-ring (bicyclic) bond motifs is 6. The Hall–Kier alpha value is -7.63. The van der Waals surface area contributed by atoms with Gasteiger partial charge < -0.3 is 8.98 Å². The van der Waals surface area contributed by atoms with Crippen molar-refractivity contribution in [2.75, 3.05) is 0 Å². The number of furan rings is 1. The van der Waals surface area contributed by atoms with Crippen LogP contribution in [0.2, 0.25) is 0 Å². The Kier molecular flexibility index (Phi) is 6.29. The van der Waals surface area contributed by atoms with Crippen molar-refractivity contribution < 1.29 is 11.3 Å². The summed E-state index contributed by atoms with van der Waals surface area (Å²) in [7, 11) is 0. The van der Waals surface area contributed by atoms with Crippen molar-refractivity contribution in [3.05, 3.63) is 194 Å². The van der Waals surface area contributed by atoms with Crippen molar-refractivity contribution in [1.29, 1.82) is 0 Å². The molecule has 5 nitrogen and oxygen atoms in total. The molecule has 3 aromatic heterocycles. The SMILES string of the molecule is [2H]c1c([2H])c([2H])c(-c2cccc(-c3nc(-c4ccccc4)nc(-c4ccc5c(c4)oc4c(-c6ccc7c(c6)c6ccccc6n7-c6ccccc6)cccc45)n3)c2)c([2H])c1[2H]. The van der Waals surface area contributed by atoms with Gasteiger partial charge in [-0.25, -0.2) is 15.0 Å². The summed E-state index contributed by atoms with van der Waals surface area (Å²) in [5.74, 6) is 1.26. The number of rotatable bonds is 6. The molecule has 0 aliphatic carbocycles. The molecule has 3 heterocycles. The van der Waals surface area contributed by atoms with Crippen molar-refractivity contribution in [3.63, 3.8) is 0 Å². The number of benzene rings is 8. The maximum Gasteiger partial charge on any atom is 0.164 e. The summed E-state index contributed by atoms with van der Waals surface area (Å²) in [5.41, 5.74) is 9.59. The number of para-hydroxylation sites is 3. The fourth-order valence-corrected chi connectivity index (χ4v) is 7.72. The first kappa shape index (κ1) is 27.0. The summed E-state index contributed by atoms with van der Waals surface area (Å²) >= 11 is 0. The number of hydrogen-bond donors (Lipinski definition) is 0. The topological polar surface area (TPSA) is 56.7 Å². The van der Waals surface area contributed by atoms with Gasteiger partial charge in [0, 0.05) is 49.5 Å². The lowest BCUT2D eigenvalue weighted by Gasteiger charge is -2.09. The average molecular weight is 722 g/mol. The van der Waals surface area contributed by atoms with Gasteiger partial charge in [0.1, 0.15) is 11.2 Å². The fourth-order valence-electron chi connectivity index (χ4n) is 7.72. The Morgan fingerprint density at radius 3 is 1.86 bits per heavy atom. The second kappa shape index (κ2) is 13.0. The van der Waals surface area contributed by atoms with Crippen LogP contribution in [0, 0.1) is 0 Å². The maximum atomic E-state index is 8.58. The highest BCUT2D eigenvalue weighted by Gasteiger charge is 2.18. The van der Waals surface area contributed by atoms with Gasteiger partial charge in [-0.3, -0.25) is 0 Å². The van der Waals surface area contributed by atoms with Crippen LogP contribution in [0.3, 0.4) is 0 Å². The van der Waals surface area contributed by atoms with E-state index in [1.54, 1.807) is 18.2 Å². The van der Waals surface area contributed by atoms with Gasteiger partial charge in [-0.2, -0.15) is 0 Å². The molecule has 0 aliphatic heterocycles. The van der Waals surface area contributed by atoms with E-state index < -0.39 is 18.1 Å². The molecule has 0 bridgehead atoms. The van der Waals surface area contributed by atoms with E-state index in [-0.39, 0.29) is 17.6 Å². The zero-order valence-electron chi connectivity index (χ0n) is 34.8. The van der Waals surface area contributed by atoms with Gasteiger partial charge in [0.2, 0.25) is 0 Å². The zero-order chi connectivity index (χ0) is 41.4. The molecule has 56 heavy (non-hydrogen) atoms. The molecule has 0 saturated heterocycles. The van der Waals surface area contributed by atoms with E-state index in [0.717, 1.165) is 60.7 Å². The van der Waals surface area contributed by atoms with Gasteiger partial charge in [-0.1, -0.05) is 145 Å². The number of hydrogen-bond acceptors (Lipinski definition) is 4. The third-order valence-corrected chi connectivity index (χ3v) is 10.3. The summed E-state index contributed by atoms with van der Waals surface area (Å²) < 4.78 is 50.8. The molecule has 0 fully saturated rings. The molecule has 0 spiro atoms. The van der Waals surface area contributed by atoms with Crippen LogP contribution in [0.4, 0.5) is 0 Å². The molecular formula is C51H32N4O. The van der Waals surface area contributed by atoms with E-state index in [4.69, 9.17) is 26.2 Å². The van der Waals surface area contributed by atoms with Crippen molar-refractivity contribution in [2.45, 2.75) is 0 Å². The van der Waals surface area contributed by atoms with E-state index >= 15 is 0 Å². The minimum absolute atomic E-state index is 0.110. The normalized spacial score (nSPS) is 12.8. The Bertz CT molecular complexity index is 3520. The molecule has 0 atom stereocenters. The van der Waals surface area contributed by atoms with Crippen LogP contribution < -0.4 is 0 Å². The van der Waals surface area contributed by atoms with Gasteiger partial charge in [-0.15, -0.1) is 0 Å². The number of aromatic nitrogens is 4. The van der Waals surface area contributed by atoms with E-state index in [1.165, 1.54) is 5.39 Å². The third-order valence-electron chi connectivity index (χ3n) is 10.3. The molecule has 0 aliphatic rings. The molecule has 0 unspecified atom stereocenters. The molecule has 0 amide bonds. The highest BCUT2D eigenvalue weighted by molar-refractivity contribution is 6.13. The largest absolute Gasteiger partial charge is 0.455 e. The van der Waals surface area contributed by atoms with Gasteiger partial charge in [-0.05, 0) is 65.2 Å². The van der Waals surface area contributed by atoms with Crippen molar-refractivity contribution in [2.24, 2.45) is 0 Å². The first-order valence-corrected chi connectivity index (χ1v) is 18.4. The lowest BCUT2D eigenvalue weighted by Crippen LogP contribution is -2.00. The summed E-state index contributed by atoms with van der Waals surface area (Å²) in [6.07, 6.45) is 0. The fraction of sp³-hybridized carbons (Fsp3) is 0. The van der Waals surface area contributed by atoms with Crippen LogP contribution in [0.15, 0.2) is 198 Å². The van der Waals surface area contributed by atoms with E-state index in [9.17, 15) is 0 Å². The molecule has 262 valence electrons. The average Bonchev–Trinajstić information content (AvgIpc) is 3.86. The van der Waals surface area contributed by atoms with E-state index in [0.29, 0.717) is 34.2 Å². The lowest BCUT2D eigenvalue weighted by molar-refractivity contribution is 0.670. The third kappa shape index (κ3) is 5.37. The summed E-state index contributed by atoms with van der Waals surface area (Å²) in [6, 6.07) is 52.8. The highest BCUT2D eigenvalue weighted by Crippen LogP contribution is 2.40. The molecule has 5 heteroatoms. The second-order valence-electron chi connectivity index (χ2n) is 13.7. The summed E-state index contributed by atoms with van der Waals surface area (Å²) in [5, 5.41) is 4.30. The van der Waals surface area contributed by atoms with Crippen molar-refractivity contribution in [1.82, 2.24) is 19.5 Å². The second-order valence-corrected chi connectivity index (χ2v) is 13.7. The Labute approximate surface area is 329 Å². The van der Waals surface area contributed by atoms with E-state index in [2.05, 4.69) is 89.5 Å². The zero-order valence-corrected chi connectivity index (χ0v) is 29.8. The maximum absolute atomic E-state index is 8.58. The van der Waals surface area contributed by atoms with Crippen LogP contribution in [0.5, 0.6) is 0 Å². The first-order valence-electron chi connectivity index (χ1n) is 20.9. The van der Waals surface area contributed by atoms with Gasteiger partial charge in [0.25, 0.3) is 0 Å². The van der Waals surface area contributed by atoms with Crippen LogP contribution in [0.25, 0.3) is 106 Å². The minimum atomic E-state index is -0.438. The monoisotopic (exact) mass is 721 g/mol. The lowest BCUT2D eigenvalue weighted by atomic mass is 10.00. The molecule has 0 radical (unpaired) electrons. The number of nitrogens with zero attached hydrogens (tertiary/aromatic N) is 4. The van der Waals surface area contributed by atoms with Crippen LogP contribution >= 0.6 is 0 Å². The highest BCUT2D eigenvalue weighted by atomic mass is 16.3. The van der Waals surface area contributed by atoms with Gasteiger partial charge >= 0.3 is 0 Å². The van der Waals surface area contributed by atoms with Gasteiger partial charge in [0.15, 0.2) is 17.5 Å².